The molecule has 0 aliphatic carbocycles. The first-order valence-electron chi connectivity index (χ1n) is 13.9. The van der Waals surface area contributed by atoms with E-state index in [1.165, 1.54) is 31.9 Å². The van der Waals surface area contributed by atoms with Crippen LogP contribution in [-0.2, 0) is 36.0 Å². The zero-order chi connectivity index (χ0) is 29.5. The highest BCUT2D eigenvalue weighted by molar-refractivity contribution is 7.92. The zero-order valence-corrected chi connectivity index (χ0v) is 24.6. The number of nitrogens with zero attached hydrogens (tertiary/aromatic N) is 1. The fourth-order valence-corrected chi connectivity index (χ4v) is 6.57. The summed E-state index contributed by atoms with van der Waals surface area (Å²) in [5.41, 5.74) is 3.71. The standard InChI is InChI=1S/C33H35FN2O5S/c1-39-28-12-10-27(33(21-28)40-2)23-36(42(37,38)30-14-11-26-22-35-17-16-25(26)19-30)32-15-13-29(20-31(32)34)41-18-6-9-24-7-4-3-5-8-24/h3-5,7-8,10-15,19-21,35H,6,9,16-18,22-23H2,1-2H3. The molecule has 0 spiro atoms. The lowest BCUT2D eigenvalue weighted by molar-refractivity contribution is 0.309. The maximum absolute atomic E-state index is 15.8. The van der Waals surface area contributed by atoms with Crippen molar-refractivity contribution in [1.82, 2.24) is 5.32 Å². The number of anilines is 1. The second kappa shape index (κ2) is 13.3. The molecule has 1 N–H and O–H groups in total. The van der Waals surface area contributed by atoms with Crippen LogP contribution in [0.15, 0.2) is 89.8 Å². The van der Waals surface area contributed by atoms with Gasteiger partial charge >= 0.3 is 0 Å². The summed E-state index contributed by atoms with van der Waals surface area (Å²) in [7, 11) is -1.13. The maximum atomic E-state index is 15.8. The molecule has 4 aromatic rings. The number of aryl methyl sites for hydroxylation is 1. The van der Waals surface area contributed by atoms with Crippen LogP contribution in [0.3, 0.4) is 0 Å². The van der Waals surface area contributed by atoms with Crippen molar-refractivity contribution in [2.75, 3.05) is 31.7 Å². The monoisotopic (exact) mass is 590 g/mol. The molecule has 0 bridgehead atoms. The number of sulfonamides is 1. The van der Waals surface area contributed by atoms with E-state index in [9.17, 15) is 8.42 Å². The van der Waals surface area contributed by atoms with Crippen LogP contribution >= 0.6 is 0 Å². The number of nitrogens with one attached hydrogen (secondary N) is 1. The van der Waals surface area contributed by atoms with E-state index >= 15 is 4.39 Å². The van der Waals surface area contributed by atoms with Crippen LogP contribution in [0.2, 0.25) is 0 Å². The van der Waals surface area contributed by atoms with Gasteiger partial charge in [0, 0.05) is 24.2 Å². The third kappa shape index (κ3) is 6.69. The van der Waals surface area contributed by atoms with Gasteiger partial charge in [0.25, 0.3) is 10.0 Å². The molecular weight excluding hydrogens is 555 g/mol. The van der Waals surface area contributed by atoms with Crippen molar-refractivity contribution in [2.45, 2.75) is 37.2 Å². The topological polar surface area (TPSA) is 77.1 Å². The molecule has 4 aromatic carbocycles. The van der Waals surface area contributed by atoms with E-state index < -0.39 is 15.8 Å². The molecule has 220 valence electrons. The Kier molecular flexibility index (Phi) is 9.29. The Hall–Kier alpha value is -4.08. The van der Waals surface area contributed by atoms with Crippen molar-refractivity contribution in [3.63, 3.8) is 0 Å². The molecule has 0 atom stereocenters. The Labute approximate surface area is 246 Å². The number of rotatable bonds is 12. The summed E-state index contributed by atoms with van der Waals surface area (Å²) in [6.07, 6.45) is 2.32. The summed E-state index contributed by atoms with van der Waals surface area (Å²) in [6, 6.07) is 24.6. The largest absolute Gasteiger partial charge is 0.497 e. The Morgan fingerprint density at radius 1 is 0.881 bits per heavy atom. The van der Waals surface area contributed by atoms with E-state index in [1.807, 2.05) is 24.3 Å². The van der Waals surface area contributed by atoms with Gasteiger partial charge in [-0.25, -0.2) is 12.8 Å². The molecule has 0 saturated heterocycles. The lowest BCUT2D eigenvalue weighted by Gasteiger charge is -2.27. The van der Waals surface area contributed by atoms with Gasteiger partial charge < -0.3 is 19.5 Å². The molecule has 0 aromatic heterocycles. The quantitative estimate of drug-likeness (QED) is 0.207. The van der Waals surface area contributed by atoms with E-state index in [0.29, 0.717) is 36.0 Å². The van der Waals surface area contributed by atoms with Crippen LogP contribution in [0.5, 0.6) is 17.2 Å². The number of hydrogen-bond acceptors (Lipinski definition) is 6. The smallest absolute Gasteiger partial charge is 0.264 e. The van der Waals surface area contributed by atoms with Gasteiger partial charge in [0.05, 0.1) is 38.0 Å². The molecule has 1 heterocycles. The molecule has 0 saturated carbocycles. The highest BCUT2D eigenvalue weighted by Gasteiger charge is 2.30. The Bertz CT molecular complexity index is 1630. The van der Waals surface area contributed by atoms with Gasteiger partial charge in [-0.1, -0.05) is 36.4 Å². The second-order valence-electron chi connectivity index (χ2n) is 10.1. The van der Waals surface area contributed by atoms with Crippen molar-refractivity contribution in [2.24, 2.45) is 0 Å². The van der Waals surface area contributed by atoms with Crippen molar-refractivity contribution in [3.05, 3.63) is 113 Å². The minimum atomic E-state index is -4.17. The Balaban J connectivity index is 1.44. The van der Waals surface area contributed by atoms with Crippen LogP contribution in [-0.4, -0.2) is 35.8 Å². The zero-order valence-electron chi connectivity index (χ0n) is 23.8. The first-order chi connectivity index (χ1) is 20.4. The molecule has 9 heteroatoms. The highest BCUT2D eigenvalue weighted by atomic mass is 32.2. The number of ether oxygens (including phenoxy) is 3. The molecule has 7 nitrogen and oxygen atoms in total. The van der Waals surface area contributed by atoms with Gasteiger partial charge in [0.2, 0.25) is 0 Å². The van der Waals surface area contributed by atoms with E-state index in [-0.39, 0.29) is 17.1 Å². The van der Waals surface area contributed by atoms with Crippen LogP contribution in [0.4, 0.5) is 10.1 Å². The van der Waals surface area contributed by atoms with Crippen LogP contribution in [0, 0.1) is 5.82 Å². The summed E-state index contributed by atoms with van der Waals surface area (Å²) in [6.45, 7) is 1.71. The molecule has 42 heavy (non-hydrogen) atoms. The maximum Gasteiger partial charge on any atom is 0.264 e. The SMILES string of the molecule is COc1ccc(CN(c2ccc(OCCCc3ccccc3)cc2F)S(=O)(=O)c2ccc3c(c2)CCNC3)c(OC)c1. The third-order valence-electron chi connectivity index (χ3n) is 7.37. The molecule has 0 fully saturated rings. The fourth-order valence-electron chi connectivity index (χ4n) is 5.07. The van der Waals surface area contributed by atoms with E-state index in [0.717, 1.165) is 41.2 Å². The summed E-state index contributed by atoms with van der Waals surface area (Å²) >= 11 is 0. The van der Waals surface area contributed by atoms with Crippen molar-refractivity contribution >= 4 is 15.7 Å². The summed E-state index contributed by atoms with van der Waals surface area (Å²) in [5, 5.41) is 3.30. The number of halogens is 1. The fraction of sp³-hybridized carbons (Fsp3) is 0.273. The molecule has 0 radical (unpaired) electrons. The molecule has 0 unspecified atom stereocenters. The lowest BCUT2D eigenvalue weighted by atomic mass is 10.0. The minimum Gasteiger partial charge on any atom is -0.497 e. The van der Waals surface area contributed by atoms with E-state index in [2.05, 4.69) is 17.4 Å². The summed E-state index contributed by atoms with van der Waals surface area (Å²) < 4.78 is 61.8. The summed E-state index contributed by atoms with van der Waals surface area (Å²) in [5.74, 6) is 0.636. The van der Waals surface area contributed by atoms with Gasteiger partial charge in [-0.2, -0.15) is 0 Å². The first-order valence-corrected chi connectivity index (χ1v) is 15.4. The second-order valence-corrected chi connectivity index (χ2v) is 12.0. The molecule has 0 amide bonds. The average Bonchev–Trinajstić information content (AvgIpc) is 3.02. The number of fused-ring (bicyclic) bond motifs is 1. The predicted octanol–water partition coefficient (Wildman–Crippen LogP) is 5.90. The van der Waals surface area contributed by atoms with Gasteiger partial charge in [-0.05, 0) is 78.9 Å². The average molecular weight is 591 g/mol. The van der Waals surface area contributed by atoms with Gasteiger partial charge in [-0.3, -0.25) is 4.31 Å². The van der Waals surface area contributed by atoms with Crippen LogP contribution < -0.4 is 23.8 Å². The van der Waals surface area contributed by atoms with E-state index in [4.69, 9.17) is 14.2 Å². The number of benzene rings is 4. The molecular formula is C33H35FN2O5S. The minimum absolute atomic E-state index is 0.0797. The normalized spacial score (nSPS) is 12.8. The molecule has 1 aliphatic rings. The molecule has 5 rings (SSSR count). The Morgan fingerprint density at radius 3 is 2.45 bits per heavy atom. The number of hydrogen-bond donors (Lipinski definition) is 1. The molecule has 1 aliphatic heterocycles. The lowest BCUT2D eigenvalue weighted by Crippen LogP contribution is -2.32. The van der Waals surface area contributed by atoms with E-state index in [1.54, 1.807) is 36.4 Å². The third-order valence-corrected chi connectivity index (χ3v) is 9.13. The first kappa shape index (κ1) is 29.4. The highest BCUT2D eigenvalue weighted by Crippen LogP contribution is 2.34. The van der Waals surface area contributed by atoms with Gasteiger partial charge in [0.15, 0.2) is 5.82 Å². The van der Waals surface area contributed by atoms with Crippen LogP contribution in [0.25, 0.3) is 0 Å². The summed E-state index contributed by atoms with van der Waals surface area (Å²) in [4.78, 5) is 0.108. The van der Waals surface area contributed by atoms with Gasteiger partial charge in [0.1, 0.15) is 17.2 Å². The van der Waals surface area contributed by atoms with Crippen molar-refractivity contribution in [1.29, 1.82) is 0 Å². The van der Waals surface area contributed by atoms with Gasteiger partial charge in [-0.15, -0.1) is 0 Å². The van der Waals surface area contributed by atoms with Crippen LogP contribution in [0.1, 0.15) is 28.7 Å². The van der Waals surface area contributed by atoms with Crippen molar-refractivity contribution < 1.29 is 27.0 Å². The Morgan fingerprint density at radius 2 is 1.69 bits per heavy atom. The van der Waals surface area contributed by atoms with Crippen molar-refractivity contribution in [3.8, 4) is 17.2 Å². The predicted molar refractivity (Wildman–Crippen MR) is 161 cm³/mol. The number of methoxy groups -OCH3 is 2.